The third kappa shape index (κ3) is 4.63. The fourth-order valence-corrected chi connectivity index (χ4v) is 6.48. The molecule has 4 aromatic rings. The molecule has 1 aliphatic rings. The Bertz CT molecular complexity index is 1800. The van der Waals surface area contributed by atoms with Gasteiger partial charge in [0.1, 0.15) is 0 Å². The van der Waals surface area contributed by atoms with E-state index in [0.717, 1.165) is 12.1 Å². The Kier molecular flexibility index (Phi) is 6.32. The highest BCUT2D eigenvalue weighted by Gasteiger charge is 2.41. The highest BCUT2D eigenvalue weighted by molar-refractivity contribution is 7.93. The molecule has 0 saturated heterocycles. The van der Waals surface area contributed by atoms with Crippen molar-refractivity contribution in [2.24, 2.45) is 0 Å². The highest BCUT2D eigenvalue weighted by atomic mass is 32.2. The summed E-state index contributed by atoms with van der Waals surface area (Å²) in [5.41, 5.74) is -3.39. The van der Waals surface area contributed by atoms with Crippen LogP contribution in [0.3, 0.4) is 0 Å². The summed E-state index contributed by atoms with van der Waals surface area (Å²) in [4.78, 5) is 34.3. The molecule has 0 amide bonds. The van der Waals surface area contributed by atoms with Crippen molar-refractivity contribution in [2.45, 2.75) is 9.79 Å². The smallest absolute Gasteiger partial charge is 0.279 e. The van der Waals surface area contributed by atoms with Crippen LogP contribution in [0.5, 0.6) is 0 Å². The normalized spacial score (nSPS) is 12.3. The second-order valence-electron chi connectivity index (χ2n) is 8.52. The van der Waals surface area contributed by atoms with Gasteiger partial charge in [-0.05, 0) is 36.4 Å². The van der Waals surface area contributed by atoms with Crippen molar-refractivity contribution in [1.29, 1.82) is 0 Å². The summed E-state index contributed by atoms with van der Waals surface area (Å²) in [5.74, 6) is -1.01. The average molecular weight is 581 g/mol. The lowest BCUT2D eigenvalue weighted by Gasteiger charge is -2.11. The van der Waals surface area contributed by atoms with Gasteiger partial charge >= 0.3 is 0 Å². The number of nitro benzene ring substituents is 2. The van der Waals surface area contributed by atoms with Crippen molar-refractivity contribution in [3.63, 3.8) is 0 Å². The molecule has 5 rings (SSSR count). The van der Waals surface area contributed by atoms with Crippen LogP contribution in [0.1, 0.15) is 15.9 Å². The Morgan fingerprint density at radius 2 is 0.925 bits per heavy atom. The van der Waals surface area contributed by atoms with Crippen LogP contribution >= 0.6 is 0 Å². The van der Waals surface area contributed by atoms with Gasteiger partial charge in [0, 0.05) is 34.6 Å². The number of ketones is 1. The summed E-state index contributed by atoms with van der Waals surface area (Å²) < 4.78 is 56.7. The molecule has 0 radical (unpaired) electrons. The van der Waals surface area contributed by atoms with E-state index in [1.54, 1.807) is 36.4 Å². The Morgan fingerprint density at radius 3 is 1.25 bits per heavy atom. The van der Waals surface area contributed by atoms with E-state index in [1.165, 1.54) is 24.3 Å². The molecular weight excluding hydrogens is 564 g/mol. The molecule has 0 spiro atoms. The minimum atomic E-state index is -4.44. The number of nitrogens with one attached hydrogen (secondary N) is 2. The van der Waals surface area contributed by atoms with Crippen molar-refractivity contribution in [2.75, 3.05) is 9.44 Å². The monoisotopic (exact) mass is 580 g/mol. The van der Waals surface area contributed by atoms with E-state index in [4.69, 9.17) is 0 Å². The summed E-state index contributed by atoms with van der Waals surface area (Å²) in [6, 6.07) is 18.4. The van der Waals surface area contributed by atoms with E-state index in [9.17, 15) is 41.9 Å². The number of carbonyl (C=O) groups excluding carboxylic acids is 1. The molecule has 0 aromatic heterocycles. The van der Waals surface area contributed by atoms with E-state index in [0.29, 0.717) is 12.1 Å². The van der Waals surface area contributed by atoms with E-state index >= 15 is 0 Å². The van der Waals surface area contributed by atoms with Crippen molar-refractivity contribution >= 4 is 48.6 Å². The van der Waals surface area contributed by atoms with Gasteiger partial charge in [0.15, 0.2) is 5.78 Å². The first-order chi connectivity index (χ1) is 18.9. The predicted molar refractivity (Wildman–Crippen MR) is 143 cm³/mol. The quantitative estimate of drug-likeness (QED) is 0.198. The highest BCUT2D eigenvalue weighted by Crippen LogP contribution is 2.49. The number of anilines is 2. The van der Waals surface area contributed by atoms with Gasteiger partial charge in [-0.1, -0.05) is 36.4 Å². The maximum Gasteiger partial charge on any atom is 0.279 e. The molecule has 202 valence electrons. The summed E-state index contributed by atoms with van der Waals surface area (Å²) in [6.07, 6.45) is 0. The third-order valence-corrected chi connectivity index (χ3v) is 8.71. The van der Waals surface area contributed by atoms with E-state index in [1.807, 2.05) is 0 Å². The number of benzene rings is 4. The zero-order valence-electron chi connectivity index (χ0n) is 20.0. The first kappa shape index (κ1) is 26.5. The van der Waals surface area contributed by atoms with Crippen LogP contribution in [0.4, 0.5) is 22.7 Å². The van der Waals surface area contributed by atoms with Crippen molar-refractivity contribution < 1.29 is 31.5 Å². The lowest BCUT2D eigenvalue weighted by atomic mass is 10.0. The molecule has 15 heteroatoms. The van der Waals surface area contributed by atoms with Gasteiger partial charge in [0.25, 0.3) is 31.4 Å². The lowest BCUT2D eigenvalue weighted by molar-refractivity contribution is -0.386. The number of fused-ring (bicyclic) bond motifs is 3. The first-order valence-electron chi connectivity index (χ1n) is 11.2. The van der Waals surface area contributed by atoms with Crippen LogP contribution in [-0.4, -0.2) is 32.5 Å². The van der Waals surface area contributed by atoms with Crippen molar-refractivity contribution in [3.8, 4) is 11.1 Å². The fourth-order valence-electron chi connectivity index (χ4n) is 4.27. The van der Waals surface area contributed by atoms with E-state index in [-0.39, 0.29) is 11.4 Å². The van der Waals surface area contributed by atoms with Crippen molar-refractivity contribution in [1.82, 2.24) is 0 Å². The standard InChI is InChI=1S/C25H16N4O9S2/c30-25-19-11-17(39(35,36)26-15-7-3-1-4-8-15)13-21(28(31)32)23(19)24-20(25)12-18(14-22(24)29(33)34)40(37,38)27-16-9-5-2-6-10-16/h1-14,26-27H. The SMILES string of the molecule is O=C1c2cc(S(=O)(=O)Nc3ccccc3)cc([N+](=O)[O-])c2-c2c1cc(S(=O)(=O)Nc1ccccc1)cc2[N+](=O)[O-]. The van der Waals surface area contributed by atoms with Crippen LogP contribution < -0.4 is 9.44 Å². The molecule has 4 aromatic carbocycles. The number of carbonyl (C=O) groups is 1. The minimum absolute atomic E-state index is 0.150. The second kappa shape index (κ2) is 9.55. The zero-order valence-corrected chi connectivity index (χ0v) is 21.6. The maximum absolute atomic E-state index is 13.4. The van der Waals surface area contributed by atoms with Gasteiger partial charge in [-0.15, -0.1) is 0 Å². The first-order valence-corrected chi connectivity index (χ1v) is 14.2. The number of sulfonamides is 2. The number of rotatable bonds is 8. The van der Waals surface area contributed by atoms with Gasteiger partial charge in [0.05, 0.1) is 30.8 Å². The van der Waals surface area contributed by atoms with Gasteiger partial charge < -0.3 is 0 Å². The molecule has 0 fully saturated rings. The summed E-state index contributed by atoms with van der Waals surface area (Å²) in [5, 5.41) is 24.1. The predicted octanol–water partition coefficient (Wildman–Crippen LogP) is 4.32. The molecule has 40 heavy (non-hydrogen) atoms. The molecule has 0 atom stereocenters. The number of hydrogen-bond acceptors (Lipinski definition) is 9. The second-order valence-corrected chi connectivity index (χ2v) is 11.9. The Balaban J connectivity index is 1.69. The van der Waals surface area contributed by atoms with E-state index < -0.39 is 79.1 Å². The largest absolute Gasteiger partial charge is 0.289 e. The van der Waals surface area contributed by atoms with Crippen LogP contribution in [0.25, 0.3) is 11.1 Å². The van der Waals surface area contributed by atoms with Gasteiger partial charge in [-0.2, -0.15) is 0 Å². The number of para-hydroxylation sites is 2. The average Bonchev–Trinajstić information content (AvgIpc) is 3.20. The lowest BCUT2D eigenvalue weighted by Crippen LogP contribution is -2.14. The molecular formula is C25H16N4O9S2. The molecule has 0 saturated carbocycles. The molecule has 0 aliphatic heterocycles. The fraction of sp³-hybridized carbons (Fsp3) is 0. The zero-order chi connectivity index (χ0) is 28.8. The maximum atomic E-state index is 13.4. The Labute approximate surface area is 226 Å². The Hall–Kier alpha value is -5.15. The molecule has 0 bridgehead atoms. The minimum Gasteiger partial charge on any atom is -0.289 e. The van der Waals surface area contributed by atoms with Crippen LogP contribution in [0, 0.1) is 20.2 Å². The number of nitrogens with zero attached hydrogens (tertiary/aromatic N) is 2. The van der Waals surface area contributed by atoms with Crippen LogP contribution in [0.15, 0.2) is 94.7 Å². The summed E-state index contributed by atoms with van der Waals surface area (Å²) in [7, 11) is -8.88. The van der Waals surface area contributed by atoms with Gasteiger partial charge in [-0.3, -0.25) is 34.5 Å². The topological polar surface area (TPSA) is 196 Å². The molecule has 13 nitrogen and oxygen atoms in total. The van der Waals surface area contributed by atoms with E-state index in [2.05, 4.69) is 9.44 Å². The summed E-state index contributed by atoms with van der Waals surface area (Å²) >= 11 is 0. The molecule has 2 N–H and O–H groups in total. The van der Waals surface area contributed by atoms with Crippen LogP contribution in [-0.2, 0) is 20.0 Å². The van der Waals surface area contributed by atoms with Crippen LogP contribution in [0.2, 0.25) is 0 Å². The van der Waals surface area contributed by atoms with Gasteiger partial charge in [0.2, 0.25) is 0 Å². The third-order valence-electron chi connectivity index (χ3n) is 5.99. The van der Waals surface area contributed by atoms with Gasteiger partial charge in [-0.25, -0.2) is 16.8 Å². The molecule has 1 aliphatic carbocycles. The number of nitro groups is 2. The Morgan fingerprint density at radius 1 is 0.575 bits per heavy atom. The molecule has 0 heterocycles. The number of hydrogen-bond donors (Lipinski definition) is 2. The molecule has 0 unspecified atom stereocenters. The summed E-state index contributed by atoms with van der Waals surface area (Å²) in [6.45, 7) is 0. The van der Waals surface area contributed by atoms with Crippen molar-refractivity contribution in [3.05, 3.63) is 116 Å².